The van der Waals surface area contributed by atoms with Crippen LogP contribution in [-0.2, 0) is 26.2 Å². The number of amides is 2. The number of anilines is 1. The molecule has 0 bridgehead atoms. The fraction of sp³-hybridized carbons (Fsp3) is 0.333. The molecule has 8 nitrogen and oxygen atoms in total. The van der Waals surface area contributed by atoms with Crippen molar-refractivity contribution in [2.45, 2.75) is 19.5 Å². The number of likely N-dealkylation sites (N-methyl/N-ethyl adjacent to an activating group) is 1. The number of hydrogen-bond acceptors (Lipinski definition) is 5. The standard InChI is InChI=1S/C21H25Cl2N3O5S/c1-14(21(28)24-2)25(12-15-5-6-16(22)11-19(15)23)20(27)13-26(32(4,29)30)17-7-9-18(31-3)10-8-17/h5-11,14H,12-13H2,1-4H3,(H,24,28)/t14-/m0/s1. The van der Waals surface area contributed by atoms with Gasteiger partial charge in [-0.1, -0.05) is 29.3 Å². The molecule has 0 saturated carbocycles. The fourth-order valence-electron chi connectivity index (χ4n) is 2.99. The SMILES string of the molecule is CNC(=O)[C@H](C)N(Cc1ccc(Cl)cc1Cl)C(=O)CN(c1ccc(OC)cc1)S(C)(=O)=O. The van der Waals surface area contributed by atoms with Crippen LogP contribution in [0.25, 0.3) is 0 Å². The number of hydrogen-bond donors (Lipinski definition) is 1. The van der Waals surface area contributed by atoms with Gasteiger partial charge in [0.1, 0.15) is 18.3 Å². The number of carbonyl (C=O) groups excluding carboxylic acids is 2. The van der Waals surface area contributed by atoms with Crippen molar-refractivity contribution >= 4 is 50.7 Å². The Kier molecular flexibility index (Phi) is 8.77. The number of methoxy groups -OCH3 is 1. The van der Waals surface area contributed by atoms with E-state index in [0.717, 1.165) is 10.6 Å². The van der Waals surface area contributed by atoms with Gasteiger partial charge in [-0.3, -0.25) is 13.9 Å². The molecule has 2 rings (SSSR count). The van der Waals surface area contributed by atoms with Gasteiger partial charge in [0.25, 0.3) is 0 Å². The summed E-state index contributed by atoms with van der Waals surface area (Å²) in [5.41, 5.74) is 0.856. The molecule has 0 saturated heterocycles. The average Bonchev–Trinajstić information content (AvgIpc) is 2.75. The highest BCUT2D eigenvalue weighted by Crippen LogP contribution is 2.25. The minimum atomic E-state index is -3.80. The molecule has 2 aromatic rings. The minimum absolute atomic E-state index is 0.0103. The van der Waals surface area contributed by atoms with Gasteiger partial charge in [0.2, 0.25) is 21.8 Å². The van der Waals surface area contributed by atoms with Gasteiger partial charge < -0.3 is 15.0 Å². The van der Waals surface area contributed by atoms with Crippen molar-refractivity contribution < 1.29 is 22.7 Å². The van der Waals surface area contributed by atoms with E-state index in [2.05, 4.69) is 5.32 Å². The third kappa shape index (κ3) is 6.51. The zero-order valence-corrected chi connectivity index (χ0v) is 20.5. The summed E-state index contributed by atoms with van der Waals surface area (Å²) in [6.45, 7) is 1.04. The molecule has 2 aromatic carbocycles. The molecule has 0 unspecified atom stereocenters. The first-order valence-corrected chi connectivity index (χ1v) is 12.1. The van der Waals surface area contributed by atoms with Crippen LogP contribution in [0.3, 0.4) is 0 Å². The van der Waals surface area contributed by atoms with E-state index in [-0.39, 0.29) is 6.54 Å². The highest BCUT2D eigenvalue weighted by Gasteiger charge is 2.30. The van der Waals surface area contributed by atoms with Crippen molar-refractivity contribution in [1.82, 2.24) is 10.2 Å². The summed E-state index contributed by atoms with van der Waals surface area (Å²) >= 11 is 12.2. The number of ether oxygens (including phenoxy) is 1. The van der Waals surface area contributed by atoms with Gasteiger partial charge in [0.15, 0.2) is 0 Å². The lowest BCUT2D eigenvalue weighted by Gasteiger charge is -2.31. The van der Waals surface area contributed by atoms with Crippen molar-refractivity contribution in [3.63, 3.8) is 0 Å². The maximum atomic E-state index is 13.3. The molecule has 0 fully saturated rings. The molecule has 32 heavy (non-hydrogen) atoms. The summed E-state index contributed by atoms with van der Waals surface area (Å²) in [4.78, 5) is 26.9. The highest BCUT2D eigenvalue weighted by molar-refractivity contribution is 7.92. The van der Waals surface area contributed by atoms with Gasteiger partial charge in [0, 0.05) is 23.6 Å². The lowest BCUT2D eigenvalue weighted by Crippen LogP contribution is -2.50. The lowest BCUT2D eigenvalue weighted by atomic mass is 10.1. The van der Waals surface area contributed by atoms with Crippen molar-refractivity contribution in [1.29, 1.82) is 0 Å². The smallest absolute Gasteiger partial charge is 0.244 e. The van der Waals surface area contributed by atoms with Crippen LogP contribution >= 0.6 is 23.2 Å². The minimum Gasteiger partial charge on any atom is -0.497 e. The number of rotatable bonds is 9. The van der Waals surface area contributed by atoms with Crippen LogP contribution in [0, 0.1) is 0 Å². The van der Waals surface area contributed by atoms with Crippen LogP contribution in [-0.4, -0.2) is 58.1 Å². The van der Waals surface area contributed by atoms with Crippen LogP contribution in [0.1, 0.15) is 12.5 Å². The van der Waals surface area contributed by atoms with Crippen LogP contribution in [0.15, 0.2) is 42.5 Å². The maximum absolute atomic E-state index is 13.3. The number of carbonyl (C=O) groups is 2. The molecule has 0 radical (unpaired) electrons. The Balaban J connectivity index is 2.39. The van der Waals surface area contributed by atoms with Crippen molar-refractivity contribution in [2.75, 3.05) is 31.3 Å². The molecule has 1 N–H and O–H groups in total. The van der Waals surface area contributed by atoms with E-state index in [1.165, 1.54) is 37.3 Å². The predicted molar refractivity (Wildman–Crippen MR) is 126 cm³/mol. The van der Waals surface area contributed by atoms with E-state index >= 15 is 0 Å². The average molecular weight is 502 g/mol. The van der Waals surface area contributed by atoms with Crippen molar-refractivity contribution in [3.05, 3.63) is 58.1 Å². The number of nitrogens with zero attached hydrogens (tertiary/aromatic N) is 2. The summed E-state index contributed by atoms with van der Waals surface area (Å²) in [5.74, 6) is -0.437. The third-order valence-electron chi connectivity index (χ3n) is 4.81. The molecular formula is C21H25Cl2N3O5S. The van der Waals surface area contributed by atoms with Crippen molar-refractivity contribution in [3.8, 4) is 5.75 Å². The van der Waals surface area contributed by atoms with Crippen molar-refractivity contribution in [2.24, 2.45) is 0 Å². The molecule has 0 aliphatic carbocycles. The molecule has 0 aliphatic rings. The first-order valence-electron chi connectivity index (χ1n) is 9.54. The molecular weight excluding hydrogens is 477 g/mol. The van der Waals surface area contributed by atoms with Crippen LogP contribution in [0.5, 0.6) is 5.75 Å². The Morgan fingerprint density at radius 3 is 2.25 bits per heavy atom. The maximum Gasteiger partial charge on any atom is 0.244 e. The number of sulfonamides is 1. The van der Waals surface area contributed by atoms with Gasteiger partial charge in [-0.2, -0.15) is 0 Å². The zero-order valence-electron chi connectivity index (χ0n) is 18.1. The molecule has 0 aliphatic heterocycles. The van der Waals surface area contributed by atoms with Gasteiger partial charge in [-0.15, -0.1) is 0 Å². The van der Waals surface area contributed by atoms with E-state index < -0.39 is 34.4 Å². The van der Waals surface area contributed by atoms with E-state index in [0.29, 0.717) is 27.0 Å². The van der Waals surface area contributed by atoms with Crippen LogP contribution in [0.4, 0.5) is 5.69 Å². The Hall–Kier alpha value is -2.49. The summed E-state index contributed by atoms with van der Waals surface area (Å²) in [5, 5.41) is 3.26. The Bertz CT molecular complexity index is 1080. The van der Waals surface area contributed by atoms with E-state index in [9.17, 15) is 18.0 Å². The van der Waals surface area contributed by atoms with E-state index in [1.54, 1.807) is 31.2 Å². The molecule has 0 aromatic heterocycles. The molecule has 11 heteroatoms. The summed E-state index contributed by atoms with van der Waals surface area (Å²) in [6.07, 6.45) is 1.01. The lowest BCUT2D eigenvalue weighted by molar-refractivity contribution is -0.139. The first kappa shape index (κ1) is 25.8. The second kappa shape index (κ2) is 10.9. The first-order chi connectivity index (χ1) is 15.0. The zero-order chi connectivity index (χ0) is 24.1. The van der Waals surface area contributed by atoms with E-state index in [4.69, 9.17) is 27.9 Å². The number of halogens is 2. The Morgan fingerprint density at radius 2 is 1.75 bits per heavy atom. The molecule has 174 valence electrons. The fourth-order valence-corrected chi connectivity index (χ4v) is 4.31. The van der Waals surface area contributed by atoms with E-state index in [1.807, 2.05) is 0 Å². The molecule has 2 amide bonds. The van der Waals surface area contributed by atoms with Gasteiger partial charge >= 0.3 is 0 Å². The summed E-state index contributed by atoms with van der Waals surface area (Å²) in [7, 11) is -0.855. The second-order valence-corrected chi connectivity index (χ2v) is 9.77. The summed E-state index contributed by atoms with van der Waals surface area (Å²) in [6, 6.07) is 10.2. The largest absolute Gasteiger partial charge is 0.497 e. The molecule has 1 atom stereocenters. The Labute approximate surface area is 198 Å². The molecule has 0 spiro atoms. The third-order valence-corrected chi connectivity index (χ3v) is 6.54. The Morgan fingerprint density at radius 1 is 1.12 bits per heavy atom. The number of nitrogens with one attached hydrogen (secondary N) is 1. The second-order valence-electron chi connectivity index (χ2n) is 7.02. The quantitative estimate of drug-likeness (QED) is 0.569. The molecule has 0 heterocycles. The normalized spacial score (nSPS) is 12.1. The van der Waals surface area contributed by atoms with Crippen LogP contribution < -0.4 is 14.4 Å². The monoisotopic (exact) mass is 501 g/mol. The topological polar surface area (TPSA) is 96.0 Å². The van der Waals surface area contributed by atoms with Crippen LogP contribution in [0.2, 0.25) is 10.0 Å². The summed E-state index contributed by atoms with van der Waals surface area (Å²) < 4.78 is 31.0. The predicted octanol–water partition coefficient (Wildman–Crippen LogP) is 2.93. The van der Waals surface area contributed by atoms with Gasteiger partial charge in [0.05, 0.1) is 19.1 Å². The number of benzene rings is 2. The highest BCUT2D eigenvalue weighted by atomic mass is 35.5. The van der Waals surface area contributed by atoms with Gasteiger partial charge in [-0.05, 0) is 48.9 Å². The van der Waals surface area contributed by atoms with Gasteiger partial charge in [-0.25, -0.2) is 8.42 Å².